The third kappa shape index (κ3) is 3.70. The minimum absolute atomic E-state index is 0.0142. The van der Waals surface area contributed by atoms with Crippen molar-refractivity contribution >= 4 is 38.6 Å². The number of benzene rings is 1. The molecule has 7 heteroatoms. The average molecular weight is 317 g/mol. The van der Waals surface area contributed by atoms with Gasteiger partial charge in [-0.15, -0.1) is 11.3 Å². The molecule has 0 spiro atoms. The van der Waals surface area contributed by atoms with Gasteiger partial charge in [0.1, 0.15) is 4.90 Å². The molecule has 4 nitrogen and oxygen atoms in total. The molecule has 0 aliphatic rings. The van der Waals surface area contributed by atoms with Crippen molar-refractivity contribution in [3.8, 4) is 0 Å². The van der Waals surface area contributed by atoms with E-state index in [2.05, 4.69) is 4.72 Å². The van der Waals surface area contributed by atoms with Crippen molar-refractivity contribution < 1.29 is 8.42 Å². The third-order valence-corrected chi connectivity index (χ3v) is 5.37. The Kier molecular flexibility index (Phi) is 4.46. The van der Waals surface area contributed by atoms with E-state index in [4.69, 9.17) is 17.3 Å². The van der Waals surface area contributed by atoms with E-state index in [0.29, 0.717) is 18.7 Å². The molecule has 0 unspecified atom stereocenters. The lowest BCUT2D eigenvalue weighted by atomic mass is 10.3. The molecule has 1 aromatic heterocycles. The van der Waals surface area contributed by atoms with Gasteiger partial charge in [0.15, 0.2) is 0 Å². The number of thiophene rings is 1. The highest BCUT2D eigenvalue weighted by atomic mass is 35.5. The molecule has 1 aromatic carbocycles. The Morgan fingerprint density at radius 2 is 2.11 bits per heavy atom. The van der Waals surface area contributed by atoms with Gasteiger partial charge in [-0.05, 0) is 36.1 Å². The highest BCUT2D eigenvalue weighted by Crippen LogP contribution is 2.23. The molecular weight excluding hydrogens is 304 g/mol. The standard InChI is InChI=1S/C12H13ClN2O2S2/c13-11-4-3-9(14)8-12(11)19(16,17)15-6-5-10-2-1-7-18-10/h1-4,7-8,15H,5-6,14H2. The maximum absolute atomic E-state index is 12.1. The molecule has 0 amide bonds. The van der Waals surface area contributed by atoms with Crippen LogP contribution in [0.3, 0.4) is 0 Å². The largest absolute Gasteiger partial charge is 0.399 e. The molecule has 0 aliphatic carbocycles. The Morgan fingerprint density at radius 3 is 2.79 bits per heavy atom. The number of nitrogen functional groups attached to an aromatic ring is 1. The predicted octanol–water partition coefficient (Wildman–Crippen LogP) is 2.50. The summed E-state index contributed by atoms with van der Waals surface area (Å²) in [5.74, 6) is 0. The Bertz CT molecular complexity index is 654. The van der Waals surface area contributed by atoms with Crippen LogP contribution in [0.4, 0.5) is 5.69 Å². The van der Waals surface area contributed by atoms with Crippen LogP contribution in [0.1, 0.15) is 4.88 Å². The SMILES string of the molecule is Nc1ccc(Cl)c(S(=O)(=O)NCCc2cccs2)c1. The van der Waals surface area contributed by atoms with Crippen molar-refractivity contribution in [2.75, 3.05) is 12.3 Å². The quantitative estimate of drug-likeness (QED) is 0.832. The molecular formula is C12H13ClN2O2S2. The van der Waals surface area contributed by atoms with Crippen molar-refractivity contribution in [2.24, 2.45) is 0 Å². The molecule has 19 heavy (non-hydrogen) atoms. The fraction of sp³-hybridized carbons (Fsp3) is 0.167. The Labute approximate surface area is 121 Å². The van der Waals surface area contributed by atoms with Crippen LogP contribution in [0.5, 0.6) is 0 Å². The first-order valence-corrected chi connectivity index (χ1v) is 8.30. The molecule has 0 atom stereocenters. The van der Waals surface area contributed by atoms with E-state index in [1.165, 1.54) is 12.1 Å². The second-order valence-electron chi connectivity index (χ2n) is 3.92. The summed E-state index contributed by atoms with van der Waals surface area (Å²) >= 11 is 7.48. The summed E-state index contributed by atoms with van der Waals surface area (Å²) in [4.78, 5) is 1.14. The van der Waals surface area contributed by atoms with Gasteiger partial charge in [0.2, 0.25) is 10.0 Å². The summed E-state index contributed by atoms with van der Waals surface area (Å²) in [6.07, 6.45) is 0.650. The number of rotatable bonds is 5. The Hall–Kier alpha value is -1.08. The van der Waals surface area contributed by atoms with Crippen LogP contribution in [0, 0.1) is 0 Å². The first-order valence-electron chi connectivity index (χ1n) is 5.56. The second-order valence-corrected chi connectivity index (χ2v) is 7.09. The summed E-state index contributed by atoms with van der Waals surface area (Å²) < 4.78 is 26.7. The summed E-state index contributed by atoms with van der Waals surface area (Å²) in [6.45, 7) is 0.327. The van der Waals surface area contributed by atoms with Crippen LogP contribution in [-0.2, 0) is 16.4 Å². The Morgan fingerprint density at radius 1 is 1.32 bits per heavy atom. The highest BCUT2D eigenvalue weighted by Gasteiger charge is 2.17. The van der Waals surface area contributed by atoms with Gasteiger partial charge in [-0.1, -0.05) is 17.7 Å². The average Bonchev–Trinajstić information content (AvgIpc) is 2.85. The van der Waals surface area contributed by atoms with Crippen LogP contribution < -0.4 is 10.5 Å². The van der Waals surface area contributed by atoms with Crippen LogP contribution in [0.15, 0.2) is 40.6 Å². The van der Waals surface area contributed by atoms with E-state index >= 15 is 0 Å². The third-order valence-electron chi connectivity index (χ3n) is 2.49. The van der Waals surface area contributed by atoms with Crippen LogP contribution in [0.25, 0.3) is 0 Å². The zero-order valence-electron chi connectivity index (χ0n) is 9.97. The minimum atomic E-state index is -3.62. The van der Waals surface area contributed by atoms with Gasteiger partial charge in [0.25, 0.3) is 0 Å². The molecule has 0 aliphatic heterocycles. The van der Waals surface area contributed by atoms with Crippen LogP contribution in [0.2, 0.25) is 5.02 Å². The first kappa shape index (κ1) is 14.3. The normalized spacial score (nSPS) is 11.6. The van der Waals surface area contributed by atoms with Crippen LogP contribution >= 0.6 is 22.9 Å². The lowest BCUT2D eigenvalue weighted by Crippen LogP contribution is -2.26. The smallest absolute Gasteiger partial charge is 0.242 e. The number of anilines is 1. The summed E-state index contributed by atoms with van der Waals surface area (Å²) in [5.41, 5.74) is 5.94. The minimum Gasteiger partial charge on any atom is -0.399 e. The second kappa shape index (κ2) is 5.92. The molecule has 3 N–H and O–H groups in total. The van der Waals surface area contributed by atoms with Gasteiger partial charge in [-0.3, -0.25) is 0 Å². The van der Waals surface area contributed by atoms with E-state index in [0.717, 1.165) is 4.88 Å². The Balaban J connectivity index is 2.07. The molecule has 2 aromatic rings. The highest BCUT2D eigenvalue weighted by molar-refractivity contribution is 7.89. The maximum Gasteiger partial charge on any atom is 0.242 e. The lowest BCUT2D eigenvalue weighted by Gasteiger charge is -2.08. The fourth-order valence-electron chi connectivity index (χ4n) is 1.57. The molecule has 2 rings (SSSR count). The molecule has 0 saturated carbocycles. The monoisotopic (exact) mass is 316 g/mol. The number of sulfonamides is 1. The molecule has 0 radical (unpaired) electrons. The summed E-state index contributed by atoms with van der Waals surface area (Å²) in [7, 11) is -3.62. The van der Waals surface area contributed by atoms with Gasteiger partial charge >= 0.3 is 0 Å². The first-order chi connectivity index (χ1) is 8.99. The number of hydrogen-bond donors (Lipinski definition) is 2. The number of nitrogens with one attached hydrogen (secondary N) is 1. The van der Waals surface area contributed by atoms with Gasteiger partial charge in [0, 0.05) is 17.1 Å². The molecule has 0 fully saturated rings. The number of nitrogens with two attached hydrogens (primary N) is 1. The van der Waals surface area contributed by atoms with E-state index < -0.39 is 10.0 Å². The van der Waals surface area contributed by atoms with E-state index in [-0.39, 0.29) is 9.92 Å². The van der Waals surface area contributed by atoms with E-state index in [9.17, 15) is 8.42 Å². The predicted molar refractivity (Wildman–Crippen MR) is 79.1 cm³/mol. The topological polar surface area (TPSA) is 72.2 Å². The molecule has 0 bridgehead atoms. The zero-order chi connectivity index (χ0) is 13.9. The molecule has 0 saturated heterocycles. The maximum atomic E-state index is 12.1. The van der Waals surface area contributed by atoms with Crippen molar-refractivity contribution in [3.05, 3.63) is 45.6 Å². The fourth-order valence-corrected chi connectivity index (χ4v) is 3.84. The van der Waals surface area contributed by atoms with Gasteiger partial charge in [-0.25, -0.2) is 13.1 Å². The van der Waals surface area contributed by atoms with E-state index in [1.54, 1.807) is 17.4 Å². The zero-order valence-corrected chi connectivity index (χ0v) is 12.4. The van der Waals surface area contributed by atoms with Crippen molar-refractivity contribution in [3.63, 3.8) is 0 Å². The summed E-state index contributed by atoms with van der Waals surface area (Å²) in [6, 6.07) is 8.29. The number of hydrogen-bond acceptors (Lipinski definition) is 4. The molecule has 1 heterocycles. The molecule has 102 valence electrons. The van der Waals surface area contributed by atoms with E-state index in [1.807, 2.05) is 17.5 Å². The van der Waals surface area contributed by atoms with Gasteiger partial charge in [0.05, 0.1) is 5.02 Å². The van der Waals surface area contributed by atoms with Crippen molar-refractivity contribution in [1.29, 1.82) is 0 Å². The van der Waals surface area contributed by atoms with Gasteiger partial charge < -0.3 is 5.73 Å². The summed E-state index contributed by atoms with van der Waals surface area (Å²) in [5, 5.41) is 2.12. The lowest BCUT2D eigenvalue weighted by molar-refractivity contribution is 0.582. The van der Waals surface area contributed by atoms with Crippen molar-refractivity contribution in [1.82, 2.24) is 4.72 Å². The van der Waals surface area contributed by atoms with Gasteiger partial charge in [-0.2, -0.15) is 0 Å². The number of halogens is 1. The van der Waals surface area contributed by atoms with Crippen LogP contribution in [-0.4, -0.2) is 15.0 Å². The van der Waals surface area contributed by atoms with Crippen molar-refractivity contribution in [2.45, 2.75) is 11.3 Å².